The molecular weight excluding hydrogens is 413 g/mol. The lowest BCUT2D eigenvalue weighted by Crippen LogP contribution is -2.38. The quantitative estimate of drug-likeness (QED) is 0.221. The Kier molecular flexibility index (Phi) is 11.1. The first kappa shape index (κ1) is 21.4. The number of esters is 1. The molecule has 130 valence electrons. The first-order chi connectivity index (χ1) is 10.7. The number of guanidine groups is 1. The van der Waals surface area contributed by atoms with Crippen LogP contribution in [0.2, 0.25) is 0 Å². The molecule has 1 aromatic carbocycles. The molecule has 0 radical (unpaired) electrons. The van der Waals surface area contributed by atoms with E-state index in [0.29, 0.717) is 37.0 Å². The fourth-order valence-electron chi connectivity index (χ4n) is 1.80. The summed E-state index contributed by atoms with van der Waals surface area (Å²) in [6, 6.07) is 5.31. The van der Waals surface area contributed by atoms with Crippen molar-refractivity contribution >= 4 is 35.9 Å². The number of carbonyl (C=O) groups is 1. The van der Waals surface area contributed by atoms with Gasteiger partial charge in [-0.05, 0) is 17.7 Å². The Bertz CT molecular complexity index is 523. The number of nitrogens with zero attached hydrogens (tertiary/aromatic N) is 1. The SMILES string of the molecule is CN=C(NCCOC)NCc1ccc(C(=O)OC)c(OC)c1.I. The Morgan fingerprint density at radius 3 is 2.52 bits per heavy atom. The first-order valence-corrected chi connectivity index (χ1v) is 6.85. The molecule has 0 spiro atoms. The van der Waals surface area contributed by atoms with Crippen molar-refractivity contribution in [2.24, 2.45) is 4.99 Å². The summed E-state index contributed by atoms with van der Waals surface area (Å²) < 4.78 is 14.9. The lowest BCUT2D eigenvalue weighted by Gasteiger charge is -2.13. The fourth-order valence-corrected chi connectivity index (χ4v) is 1.80. The standard InChI is InChI=1S/C15H23N3O4.HI/c1-16-15(17-7-8-20-2)18-10-11-5-6-12(14(19)22-4)13(9-11)21-3;/h5-6,9H,7-8,10H2,1-4H3,(H2,16,17,18);1H. The average molecular weight is 437 g/mol. The third-order valence-electron chi connectivity index (χ3n) is 2.95. The molecule has 0 bridgehead atoms. The molecule has 0 aromatic heterocycles. The number of halogens is 1. The van der Waals surface area contributed by atoms with Gasteiger partial charge in [-0.1, -0.05) is 6.07 Å². The highest BCUT2D eigenvalue weighted by atomic mass is 127. The van der Waals surface area contributed by atoms with Crippen molar-refractivity contribution in [3.05, 3.63) is 29.3 Å². The van der Waals surface area contributed by atoms with E-state index < -0.39 is 5.97 Å². The molecular formula is C15H24IN3O4. The van der Waals surface area contributed by atoms with Crippen molar-refractivity contribution in [3.8, 4) is 5.75 Å². The van der Waals surface area contributed by atoms with Gasteiger partial charge in [-0.25, -0.2) is 4.79 Å². The van der Waals surface area contributed by atoms with Gasteiger partial charge in [0.15, 0.2) is 5.96 Å². The van der Waals surface area contributed by atoms with Gasteiger partial charge in [0.25, 0.3) is 0 Å². The van der Waals surface area contributed by atoms with E-state index in [4.69, 9.17) is 14.2 Å². The van der Waals surface area contributed by atoms with Crippen molar-refractivity contribution < 1.29 is 19.0 Å². The zero-order valence-electron chi connectivity index (χ0n) is 13.8. The molecule has 8 heteroatoms. The second-order valence-corrected chi connectivity index (χ2v) is 4.37. The molecule has 0 aliphatic carbocycles. The topological polar surface area (TPSA) is 81.2 Å². The summed E-state index contributed by atoms with van der Waals surface area (Å²) in [5, 5.41) is 6.29. The molecule has 23 heavy (non-hydrogen) atoms. The second-order valence-electron chi connectivity index (χ2n) is 4.37. The molecule has 0 fully saturated rings. The predicted octanol–water partition coefficient (Wildman–Crippen LogP) is 1.41. The van der Waals surface area contributed by atoms with E-state index in [0.717, 1.165) is 5.56 Å². The summed E-state index contributed by atoms with van der Waals surface area (Å²) in [4.78, 5) is 15.7. The van der Waals surface area contributed by atoms with E-state index in [1.807, 2.05) is 6.07 Å². The highest BCUT2D eigenvalue weighted by Crippen LogP contribution is 2.21. The van der Waals surface area contributed by atoms with Crippen LogP contribution in [0.5, 0.6) is 5.75 Å². The fraction of sp³-hybridized carbons (Fsp3) is 0.467. The Balaban J connectivity index is 0.00000484. The summed E-state index contributed by atoms with van der Waals surface area (Å²) in [6.45, 7) is 1.81. The molecule has 0 unspecified atom stereocenters. The van der Waals surface area contributed by atoms with E-state index in [9.17, 15) is 4.79 Å². The number of carbonyl (C=O) groups excluding carboxylic acids is 1. The van der Waals surface area contributed by atoms with Gasteiger partial charge in [0, 0.05) is 27.2 Å². The van der Waals surface area contributed by atoms with Crippen LogP contribution in [0.25, 0.3) is 0 Å². The molecule has 7 nitrogen and oxygen atoms in total. The van der Waals surface area contributed by atoms with E-state index >= 15 is 0 Å². The molecule has 0 amide bonds. The Labute approximate surface area is 153 Å². The van der Waals surface area contributed by atoms with E-state index in [-0.39, 0.29) is 24.0 Å². The van der Waals surface area contributed by atoms with E-state index in [2.05, 4.69) is 15.6 Å². The third-order valence-corrected chi connectivity index (χ3v) is 2.95. The van der Waals surface area contributed by atoms with E-state index in [1.54, 1.807) is 26.3 Å². The van der Waals surface area contributed by atoms with Crippen LogP contribution in [0.15, 0.2) is 23.2 Å². The minimum atomic E-state index is -0.423. The maximum atomic E-state index is 11.6. The van der Waals surface area contributed by atoms with Gasteiger partial charge in [-0.15, -0.1) is 24.0 Å². The smallest absolute Gasteiger partial charge is 0.341 e. The normalized spacial score (nSPS) is 10.5. The van der Waals surface area contributed by atoms with Crippen LogP contribution in [0.4, 0.5) is 0 Å². The average Bonchev–Trinajstić information content (AvgIpc) is 2.56. The molecule has 1 aromatic rings. The summed E-state index contributed by atoms with van der Waals surface area (Å²) in [6.07, 6.45) is 0. The van der Waals surface area contributed by atoms with Crippen LogP contribution in [0, 0.1) is 0 Å². The van der Waals surface area contributed by atoms with Gasteiger partial charge in [-0.2, -0.15) is 0 Å². The van der Waals surface area contributed by atoms with Gasteiger partial charge in [0.2, 0.25) is 0 Å². The van der Waals surface area contributed by atoms with E-state index in [1.165, 1.54) is 14.2 Å². The molecule has 1 rings (SSSR count). The minimum absolute atomic E-state index is 0. The summed E-state index contributed by atoms with van der Waals surface area (Å²) in [5.41, 5.74) is 1.36. The van der Waals surface area contributed by atoms with Gasteiger partial charge >= 0.3 is 5.97 Å². The van der Waals surface area contributed by atoms with Gasteiger partial charge in [0.05, 0.1) is 20.8 Å². The van der Waals surface area contributed by atoms with Gasteiger partial charge in [0.1, 0.15) is 11.3 Å². The summed E-state index contributed by atoms with van der Waals surface area (Å²) in [5.74, 6) is 0.731. The highest BCUT2D eigenvalue weighted by molar-refractivity contribution is 14.0. The summed E-state index contributed by atoms with van der Waals surface area (Å²) in [7, 11) is 6.20. The monoisotopic (exact) mass is 437 g/mol. The Morgan fingerprint density at radius 2 is 1.96 bits per heavy atom. The van der Waals surface area contributed by atoms with Gasteiger partial charge < -0.3 is 24.8 Å². The Hall–Kier alpha value is -1.55. The molecule has 0 aliphatic rings. The van der Waals surface area contributed by atoms with Crippen LogP contribution in [0.1, 0.15) is 15.9 Å². The zero-order chi connectivity index (χ0) is 16.4. The predicted molar refractivity (Wildman–Crippen MR) is 99.8 cm³/mol. The largest absolute Gasteiger partial charge is 0.496 e. The van der Waals surface area contributed by atoms with Crippen LogP contribution >= 0.6 is 24.0 Å². The molecule has 0 atom stereocenters. The third kappa shape index (κ3) is 7.04. The van der Waals surface area contributed by atoms with Crippen LogP contribution in [-0.4, -0.2) is 53.5 Å². The lowest BCUT2D eigenvalue weighted by atomic mass is 10.1. The van der Waals surface area contributed by atoms with Gasteiger partial charge in [-0.3, -0.25) is 4.99 Å². The Morgan fingerprint density at radius 1 is 1.22 bits per heavy atom. The number of rotatable bonds is 7. The first-order valence-electron chi connectivity index (χ1n) is 6.85. The number of benzene rings is 1. The molecule has 0 saturated heterocycles. The molecule has 0 aliphatic heterocycles. The highest BCUT2D eigenvalue weighted by Gasteiger charge is 2.13. The maximum Gasteiger partial charge on any atom is 0.341 e. The summed E-state index contributed by atoms with van der Waals surface area (Å²) >= 11 is 0. The van der Waals surface area contributed by atoms with Crippen LogP contribution in [-0.2, 0) is 16.0 Å². The molecule has 2 N–H and O–H groups in total. The second kappa shape index (κ2) is 11.9. The van der Waals surface area contributed by atoms with Crippen molar-refractivity contribution in [1.29, 1.82) is 0 Å². The lowest BCUT2D eigenvalue weighted by molar-refractivity contribution is 0.0597. The van der Waals surface area contributed by atoms with Crippen LogP contribution < -0.4 is 15.4 Å². The van der Waals surface area contributed by atoms with Crippen LogP contribution in [0.3, 0.4) is 0 Å². The number of methoxy groups -OCH3 is 3. The number of nitrogens with one attached hydrogen (secondary N) is 2. The number of hydrogen-bond donors (Lipinski definition) is 2. The van der Waals surface area contributed by atoms with Crippen molar-refractivity contribution in [2.75, 3.05) is 41.5 Å². The maximum absolute atomic E-state index is 11.6. The van der Waals surface area contributed by atoms with Crippen molar-refractivity contribution in [1.82, 2.24) is 10.6 Å². The zero-order valence-corrected chi connectivity index (χ0v) is 16.2. The van der Waals surface area contributed by atoms with Crippen molar-refractivity contribution in [2.45, 2.75) is 6.54 Å². The number of ether oxygens (including phenoxy) is 3. The number of aliphatic imine (C=N–C) groups is 1. The van der Waals surface area contributed by atoms with Crippen molar-refractivity contribution in [3.63, 3.8) is 0 Å². The minimum Gasteiger partial charge on any atom is -0.496 e. The number of hydrogen-bond acceptors (Lipinski definition) is 5. The molecule has 0 heterocycles. The molecule has 0 saturated carbocycles.